The van der Waals surface area contributed by atoms with E-state index in [1.165, 1.54) is 16.7 Å². The second kappa shape index (κ2) is 10.8. The molecule has 1 atom stereocenters. The molecule has 198 valence electrons. The molecule has 0 spiro atoms. The maximum atomic E-state index is 13.7. The van der Waals surface area contributed by atoms with Crippen molar-refractivity contribution >= 4 is 56.6 Å². The van der Waals surface area contributed by atoms with E-state index in [0.717, 1.165) is 11.3 Å². The third-order valence-electron chi connectivity index (χ3n) is 6.05. The molecule has 3 heterocycles. The number of hydrogen-bond donors (Lipinski definition) is 0. The molecule has 0 saturated heterocycles. The lowest BCUT2D eigenvalue weighted by Crippen LogP contribution is -2.40. The third-order valence-corrected chi connectivity index (χ3v) is 8.03. The fourth-order valence-corrected chi connectivity index (χ4v) is 6.13. The summed E-state index contributed by atoms with van der Waals surface area (Å²) < 4.78 is 13.5. The number of fused-ring (bicyclic) bond motifs is 1. The van der Waals surface area contributed by atoms with Crippen molar-refractivity contribution in [3.05, 3.63) is 116 Å². The highest BCUT2D eigenvalue weighted by atomic mass is 79.9. The molecular formula is C27H19BrClN3O6S. The fourth-order valence-electron chi connectivity index (χ4n) is 4.30. The number of allylic oxidation sites excluding steroid dienone is 1. The van der Waals surface area contributed by atoms with E-state index in [4.69, 9.17) is 20.8 Å². The molecule has 0 radical (unpaired) electrons. The minimum Gasteiger partial charge on any atom is -0.463 e. The van der Waals surface area contributed by atoms with Crippen molar-refractivity contribution in [1.29, 1.82) is 0 Å². The molecule has 1 aliphatic rings. The van der Waals surface area contributed by atoms with E-state index in [9.17, 15) is 19.7 Å². The van der Waals surface area contributed by atoms with E-state index in [1.807, 2.05) is 0 Å². The number of carbonyl (C=O) groups excluding carboxylic acids is 1. The zero-order valence-corrected chi connectivity index (χ0v) is 23.7. The number of non-ortho nitro benzene ring substituents is 1. The van der Waals surface area contributed by atoms with Gasteiger partial charge in [0.2, 0.25) is 0 Å². The molecule has 0 unspecified atom stereocenters. The lowest BCUT2D eigenvalue weighted by atomic mass is 9.96. The van der Waals surface area contributed by atoms with Gasteiger partial charge in [-0.1, -0.05) is 41.1 Å². The maximum Gasteiger partial charge on any atom is 0.338 e. The van der Waals surface area contributed by atoms with Crippen LogP contribution >= 0.6 is 38.9 Å². The van der Waals surface area contributed by atoms with Gasteiger partial charge in [0.1, 0.15) is 17.6 Å². The summed E-state index contributed by atoms with van der Waals surface area (Å²) in [6.45, 7) is 3.58. The minimum atomic E-state index is -0.820. The number of benzene rings is 2. The van der Waals surface area contributed by atoms with Gasteiger partial charge in [-0.3, -0.25) is 19.5 Å². The third kappa shape index (κ3) is 5.00. The van der Waals surface area contributed by atoms with Gasteiger partial charge in [0.15, 0.2) is 4.80 Å². The predicted octanol–water partition coefficient (Wildman–Crippen LogP) is 5.38. The van der Waals surface area contributed by atoms with Crippen molar-refractivity contribution < 1.29 is 18.9 Å². The molecule has 0 aliphatic carbocycles. The number of aromatic nitrogens is 1. The van der Waals surface area contributed by atoms with Gasteiger partial charge in [-0.25, -0.2) is 9.79 Å². The number of rotatable bonds is 6. The fraction of sp³-hybridized carbons (Fsp3) is 0.148. The van der Waals surface area contributed by atoms with Crippen LogP contribution in [-0.2, 0) is 9.53 Å². The average molecular weight is 629 g/mol. The van der Waals surface area contributed by atoms with Gasteiger partial charge in [-0.05, 0) is 59.6 Å². The van der Waals surface area contributed by atoms with Gasteiger partial charge in [0.25, 0.3) is 11.2 Å². The summed E-state index contributed by atoms with van der Waals surface area (Å²) in [6.07, 6.45) is 1.60. The molecule has 12 heteroatoms. The van der Waals surface area contributed by atoms with Crippen molar-refractivity contribution in [2.45, 2.75) is 19.9 Å². The van der Waals surface area contributed by atoms with E-state index < -0.39 is 16.9 Å². The molecule has 0 saturated carbocycles. The first-order valence-corrected chi connectivity index (χ1v) is 13.7. The Morgan fingerprint density at radius 2 is 2.05 bits per heavy atom. The number of nitro benzene ring substituents is 1. The number of nitrogens with zero attached hydrogens (tertiary/aromatic N) is 3. The van der Waals surface area contributed by atoms with E-state index in [-0.39, 0.29) is 23.4 Å². The Bertz CT molecular complexity index is 1860. The van der Waals surface area contributed by atoms with Crippen LogP contribution in [0.2, 0.25) is 5.02 Å². The number of furan rings is 1. The van der Waals surface area contributed by atoms with Gasteiger partial charge in [0.05, 0.1) is 27.3 Å². The van der Waals surface area contributed by atoms with Crippen LogP contribution in [0.25, 0.3) is 17.4 Å². The van der Waals surface area contributed by atoms with Crippen molar-refractivity contribution in [2.24, 2.45) is 4.99 Å². The molecule has 0 bridgehead atoms. The summed E-state index contributed by atoms with van der Waals surface area (Å²) in [5.74, 6) is 0.295. The van der Waals surface area contributed by atoms with Crippen LogP contribution < -0.4 is 14.9 Å². The van der Waals surface area contributed by atoms with Gasteiger partial charge in [-0.2, -0.15) is 0 Å². The normalized spacial score (nSPS) is 15.2. The highest BCUT2D eigenvalue weighted by molar-refractivity contribution is 9.10. The molecule has 39 heavy (non-hydrogen) atoms. The zero-order chi connectivity index (χ0) is 27.8. The van der Waals surface area contributed by atoms with Gasteiger partial charge < -0.3 is 9.15 Å². The molecule has 0 N–H and O–H groups in total. The summed E-state index contributed by atoms with van der Waals surface area (Å²) in [4.78, 5) is 42.2. The second-order valence-electron chi connectivity index (χ2n) is 8.45. The number of hydrogen-bond acceptors (Lipinski definition) is 8. The Kier molecular flexibility index (Phi) is 7.39. The van der Waals surface area contributed by atoms with E-state index in [1.54, 1.807) is 62.4 Å². The molecule has 9 nitrogen and oxygen atoms in total. The highest BCUT2D eigenvalue weighted by Gasteiger charge is 2.34. The summed E-state index contributed by atoms with van der Waals surface area (Å²) >= 11 is 11.0. The van der Waals surface area contributed by atoms with Crippen LogP contribution in [0.5, 0.6) is 0 Å². The SMILES string of the molecule is CCOC(=O)C1=C(C)N=c2s/c(=C\c3ccc(-c4ccc([N+](=O)[O-])cc4Br)o3)c(=O)n2[C@@H]1c1ccccc1Cl. The summed E-state index contributed by atoms with van der Waals surface area (Å²) in [5, 5.41) is 11.4. The van der Waals surface area contributed by atoms with Crippen molar-refractivity contribution in [2.75, 3.05) is 6.61 Å². The lowest BCUT2D eigenvalue weighted by Gasteiger charge is -2.25. The first-order valence-electron chi connectivity index (χ1n) is 11.7. The lowest BCUT2D eigenvalue weighted by molar-refractivity contribution is -0.384. The monoisotopic (exact) mass is 627 g/mol. The minimum absolute atomic E-state index is 0.0518. The van der Waals surface area contributed by atoms with Crippen LogP contribution in [0, 0.1) is 10.1 Å². The standard InChI is InChI=1S/C27H19BrClN3O6S/c1-3-37-26(34)23-14(2)30-27-31(24(23)18-6-4-5-7-20(18)29)25(33)22(39-27)13-16-9-11-21(38-16)17-10-8-15(32(35)36)12-19(17)28/h4-13,24H,3H2,1-2H3/b22-13-/t24-/m1/s1. The first-order chi connectivity index (χ1) is 18.7. The summed E-state index contributed by atoms with van der Waals surface area (Å²) in [6, 6.07) is 14.0. The number of halogens is 2. The molecule has 0 fully saturated rings. The Labute approximate surface area is 238 Å². The molecule has 1 aliphatic heterocycles. The number of carbonyl (C=O) groups is 1. The Hall–Kier alpha value is -3.80. The van der Waals surface area contributed by atoms with Crippen molar-refractivity contribution in [3.63, 3.8) is 0 Å². The largest absolute Gasteiger partial charge is 0.463 e. The number of nitro groups is 1. The van der Waals surface area contributed by atoms with E-state index in [0.29, 0.717) is 47.2 Å². The number of esters is 1. The highest BCUT2D eigenvalue weighted by Crippen LogP contribution is 2.35. The van der Waals surface area contributed by atoms with Crippen LogP contribution in [0.15, 0.2) is 84.5 Å². The van der Waals surface area contributed by atoms with E-state index in [2.05, 4.69) is 20.9 Å². The Morgan fingerprint density at radius 3 is 2.74 bits per heavy atom. The number of ether oxygens (including phenoxy) is 1. The maximum absolute atomic E-state index is 13.7. The van der Waals surface area contributed by atoms with Gasteiger partial charge >= 0.3 is 5.97 Å². The van der Waals surface area contributed by atoms with Gasteiger partial charge in [-0.15, -0.1) is 0 Å². The molecule has 4 aromatic rings. The Balaban J connectivity index is 1.62. The zero-order valence-electron chi connectivity index (χ0n) is 20.5. The first kappa shape index (κ1) is 26.8. The molecule has 0 amide bonds. The van der Waals surface area contributed by atoms with Crippen LogP contribution in [-0.4, -0.2) is 22.1 Å². The second-order valence-corrected chi connectivity index (χ2v) is 10.7. The molecule has 2 aromatic heterocycles. The average Bonchev–Trinajstić information content (AvgIpc) is 3.48. The summed E-state index contributed by atoms with van der Waals surface area (Å²) in [7, 11) is 0. The van der Waals surface area contributed by atoms with Crippen LogP contribution in [0.1, 0.15) is 31.2 Å². The van der Waals surface area contributed by atoms with Crippen LogP contribution in [0.4, 0.5) is 5.69 Å². The smallest absolute Gasteiger partial charge is 0.338 e. The quantitative estimate of drug-likeness (QED) is 0.161. The predicted molar refractivity (Wildman–Crippen MR) is 150 cm³/mol. The molecular weight excluding hydrogens is 610 g/mol. The van der Waals surface area contributed by atoms with Crippen molar-refractivity contribution in [1.82, 2.24) is 4.57 Å². The van der Waals surface area contributed by atoms with Crippen LogP contribution in [0.3, 0.4) is 0 Å². The number of thiazole rings is 1. The Morgan fingerprint density at radius 1 is 1.28 bits per heavy atom. The van der Waals surface area contributed by atoms with E-state index >= 15 is 0 Å². The molecule has 5 rings (SSSR count). The molecule has 2 aromatic carbocycles. The van der Waals surface area contributed by atoms with Gasteiger partial charge in [0, 0.05) is 33.3 Å². The summed E-state index contributed by atoms with van der Waals surface area (Å²) in [5.41, 5.74) is 1.46. The topological polar surface area (TPSA) is 117 Å². The van der Waals surface area contributed by atoms with Crippen molar-refractivity contribution in [3.8, 4) is 11.3 Å².